The van der Waals surface area contributed by atoms with E-state index >= 15 is 0 Å². The molecule has 156 valence electrons. The Labute approximate surface area is 177 Å². The van der Waals surface area contributed by atoms with Crippen LogP contribution in [0.4, 0.5) is 0 Å². The molecule has 1 fully saturated rings. The normalized spacial score (nSPS) is 18.2. The topological polar surface area (TPSA) is 79.4 Å². The van der Waals surface area contributed by atoms with E-state index in [9.17, 15) is 13.2 Å². The van der Waals surface area contributed by atoms with Gasteiger partial charge in [0.05, 0.1) is 16.3 Å². The summed E-state index contributed by atoms with van der Waals surface area (Å²) in [6.45, 7) is 4.41. The number of sulfonamides is 1. The van der Waals surface area contributed by atoms with E-state index in [0.29, 0.717) is 36.5 Å². The first-order chi connectivity index (χ1) is 13.8. The van der Waals surface area contributed by atoms with Crippen LogP contribution in [-0.2, 0) is 15.4 Å². The maximum atomic E-state index is 12.8. The summed E-state index contributed by atoms with van der Waals surface area (Å²) in [5, 5.41) is 3.48. The summed E-state index contributed by atoms with van der Waals surface area (Å²) >= 11 is 6.18. The third-order valence-electron chi connectivity index (χ3n) is 5.84. The highest BCUT2D eigenvalue weighted by molar-refractivity contribution is 7.89. The molecule has 1 saturated heterocycles. The average molecular weight is 436 g/mol. The fraction of sp³-hybridized carbons (Fsp3) is 0.429. The van der Waals surface area contributed by atoms with Gasteiger partial charge in [0.2, 0.25) is 10.0 Å². The van der Waals surface area contributed by atoms with Gasteiger partial charge in [0, 0.05) is 36.4 Å². The summed E-state index contributed by atoms with van der Waals surface area (Å²) in [4.78, 5) is 17.4. The van der Waals surface area contributed by atoms with E-state index in [2.05, 4.69) is 10.3 Å². The van der Waals surface area contributed by atoms with Crippen LogP contribution in [0.2, 0.25) is 5.02 Å². The van der Waals surface area contributed by atoms with Gasteiger partial charge in [-0.15, -0.1) is 0 Å². The molecule has 8 heteroatoms. The molecule has 0 unspecified atom stereocenters. The quantitative estimate of drug-likeness (QED) is 0.755. The van der Waals surface area contributed by atoms with Gasteiger partial charge in [-0.2, -0.15) is 0 Å². The van der Waals surface area contributed by atoms with Crippen LogP contribution in [0, 0.1) is 0 Å². The van der Waals surface area contributed by atoms with Gasteiger partial charge in [-0.1, -0.05) is 29.8 Å². The van der Waals surface area contributed by atoms with E-state index < -0.39 is 15.4 Å². The van der Waals surface area contributed by atoms with E-state index in [1.165, 1.54) is 4.31 Å². The molecule has 0 bridgehead atoms. The molecule has 0 aliphatic carbocycles. The lowest BCUT2D eigenvalue weighted by Crippen LogP contribution is -2.55. The Hall–Kier alpha value is -1.96. The number of pyridine rings is 1. The van der Waals surface area contributed by atoms with Crippen molar-refractivity contribution in [2.24, 2.45) is 0 Å². The van der Waals surface area contributed by atoms with Crippen molar-refractivity contribution in [3.63, 3.8) is 0 Å². The zero-order valence-corrected chi connectivity index (χ0v) is 18.2. The van der Waals surface area contributed by atoms with Gasteiger partial charge < -0.3 is 5.32 Å². The van der Waals surface area contributed by atoms with Crippen LogP contribution < -0.4 is 5.32 Å². The molecule has 3 rings (SSSR count). The van der Waals surface area contributed by atoms with Crippen LogP contribution in [0.5, 0.6) is 0 Å². The smallest absolute Gasteiger partial charge is 0.253 e. The Morgan fingerprint density at radius 1 is 1.21 bits per heavy atom. The number of benzene rings is 1. The van der Waals surface area contributed by atoms with Crippen molar-refractivity contribution in [2.75, 3.05) is 18.8 Å². The van der Waals surface area contributed by atoms with Gasteiger partial charge >= 0.3 is 0 Å². The summed E-state index contributed by atoms with van der Waals surface area (Å²) in [5.41, 5.74) is 0.821. The molecule has 1 aliphatic heterocycles. The van der Waals surface area contributed by atoms with Gasteiger partial charge in [0.15, 0.2) is 0 Å². The Bertz CT molecular complexity index is 958. The Morgan fingerprint density at radius 2 is 1.86 bits per heavy atom. The number of rotatable bonds is 6. The minimum absolute atomic E-state index is 0.0857. The highest BCUT2D eigenvalue weighted by atomic mass is 35.5. The van der Waals surface area contributed by atoms with Crippen molar-refractivity contribution in [1.29, 1.82) is 0 Å². The summed E-state index contributed by atoms with van der Waals surface area (Å²) in [6, 6.07) is 12.4. The zero-order chi connectivity index (χ0) is 21.1. The van der Waals surface area contributed by atoms with Crippen LogP contribution in [0.1, 0.15) is 42.7 Å². The van der Waals surface area contributed by atoms with E-state index in [1.807, 2.05) is 25.1 Å². The third-order valence-corrected chi connectivity index (χ3v) is 8.05. The summed E-state index contributed by atoms with van der Waals surface area (Å²) in [7, 11) is -3.24. The average Bonchev–Trinajstić information content (AvgIpc) is 2.74. The van der Waals surface area contributed by atoms with Gasteiger partial charge in [0.1, 0.15) is 0 Å². The van der Waals surface area contributed by atoms with Crippen molar-refractivity contribution in [2.45, 2.75) is 38.1 Å². The van der Waals surface area contributed by atoms with Crippen molar-refractivity contribution < 1.29 is 13.2 Å². The van der Waals surface area contributed by atoms with Crippen LogP contribution in [0.25, 0.3) is 0 Å². The molecule has 0 radical (unpaired) electrons. The van der Waals surface area contributed by atoms with Crippen molar-refractivity contribution >= 4 is 27.5 Å². The maximum Gasteiger partial charge on any atom is 0.253 e. The number of hydrogen-bond acceptors (Lipinski definition) is 4. The van der Waals surface area contributed by atoms with Gasteiger partial charge in [0.25, 0.3) is 5.91 Å². The molecular formula is C21H26ClN3O3S. The minimum atomic E-state index is -3.24. The largest absolute Gasteiger partial charge is 0.349 e. The lowest BCUT2D eigenvalue weighted by atomic mass is 9.70. The summed E-state index contributed by atoms with van der Waals surface area (Å²) < 4.78 is 26.1. The molecule has 1 aliphatic rings. The predicted octanol–water partition coefficient (Wildman–Crippen LogP) is 3.24. The molecular weight excluding hydrogens is 410 g/mol. The van der Waals surface area contributed by atoms with Gasteiger partial charge in [-0.3, -0.25) is 9.78 Å². The molecule has 2 aromatic rings. The van der Waals surface area contributed by atoms with Crippen LogP contribution >= 0.6 is 11.6 Å². The van der Waals surface area contributed by atoms with E-state index in [0.717, 1.165) is 5.69 Å². The highest BCUT2D eigenvalue weighted by Gasteiger charge is 2.44. The molecule has 0 spiro atoms. The van der Waals surface area contributed by atoms with Crippen molar-refractivity contribution in [1.82, 2.24) is 14.6 Å². The van der Waals surface area contributed by atoms with E-state index in [4.69, 9.17) is 11.6 Å². The first-order valence-corrected chi connectivity index (χ1v) is 11.7. The number of carbonyl (C=O) groups is 1. The molecule has 1 atom stereocenters. The number of carbonyl (C=O) groups excluding carboxylic acids is 1. The first kappa shape index (κ1) is 21.7. The highest BCUT2D eigenvalue weighted by Crippen LogP contribution is 2.38. The molecule has 2 heterocycles. The molecule has 1 aromatic heterocycles. The van der Waals surface area contributed by atoms with E-state index in [-0.39, 0.29) is 17.7 Å². The lowest BCUT2D eigenvalue weighted by molar-refractivity contribution is 0.0893. The number of halogens is 1. The zero-order valence-electron chi connectivity index (χ0n) is 16.6. The number of nitrogens with one attached hydrogen (secondary N) is 1. The predicted molar refractivity (Wildman–Crippen MR) is 115 cm³/mol. The van der Waals surface area contributed by atoms with Crippen LogP contribution in [0.15, 0.2) is 48.7 Å². The number of amides is 1. The van der Waals surface area contributed by atoms with E-state index in [1.54, 1.807) is 37.4 Å². The molecule has 0 saturated carbocycles. The number of aromatic nitrogens is 1. The number of piperidine rings is 1. The standard InChI is InChI=1S/C21H26ClN3O3S/c1-3-29(27,28)25-14-11-21(12-15-25,19-10-6-7-13-23-19)16(2)24-20(26)17-8-4-5-9-18(17)22/h4-10,13,16H,3,11-12,14-15H2,1-2H3,(H,24,26)/t16-/m0/s1. The minimum Gasteiger partial charge on any atom is -0.349 e. The van der Waals surface area contributed by atoms with Gasteiger partial charge in [-0.25, -0.2) is 12.7 Å². The fourth-order valence-corrected chi connectivity index (χ4v) is 5.30. The second-order valence-corrected chi connectivity index (χ2v) is 10.0. The second-order valence-electron chi connectivity index (χ2n) is 7.35. The Balaban J connectivity index is 1.87. The number of nitrogens with zero attached hydrogens (tertiary/aromatic N) is 2. The van der Waals surface area contributed by atoms with Crippen molar-refractivity contribution in [3.05, 3.63) is 64.9 Å². The van der Waals surface area contributed by atoms with Crippen LogP contribution in [-0.4, -0.2) is 48.5 Å². The Kier molecular flexibility index (Phi) is 6.61. The maximum absolute atomic E-state index is 12.8. The summed E-state index contributed by atoms with van der Waals surface area (Å²) in [6.07, 6.45) is 2.88. The SMILES string of the molecule is CCS(=O)(=O)N1CCC(c2ccccn2)([C@H](C)NC(=O)c2ccccc2Cl)CC1. The second kappa shape index (κ2) is 8.81. The molecule has 1 amide bonds. The first-order valence-electron chi connectivity index (χ1n) is 9.75. The summed E-state index contributed by atoms with van der Waals surface area (Å²) in [5.74, 6) is -0.162. The van der Waals surface area contributed by atoms with Gasteiger partial charge in [-0.05, 0) is 51.0 Å². The molecule has 29 heavy (non-hydrogen) atoms. The van der Waals surface area contributed by atoms with Crippen LogP contribution in [0.3, 0.4) is 0 Å². The van der Waals surface area contributed by atoms with Crippen molar-refractivity contribution in [3.8, 4) is 0 Å². The lowest BCUT2D eigenvalue weighted by Gasteiger charge is -2.44. The third kappa shape index (κ3) is 4.47. The Morgan fingerprint density at radius 3 is 2.45 bits per heavy atom. The molecule has 1 N–H and O–H groups in total. The molecule has 6 nitrogen and oxygen atoms in total. The molecule has 1 aromatic carbocycles. The monoisotopic (exact) mass is 435 g/mol. The number of hydrogen-bond donors (Lipinski definition) is 1. The fourth-order valence-electron chi connectivity index (χ4n) is 3.97.